The fourth-order valence-electron chi connectivity index (χ4n) is 2.73. The number of rotatable bonds is 7. The third-order valence-electron chi connectivity index (χ3n) is 4.36. The minimum Gasteiger partial charge on any atom is -0.361 e. The lowest BCUT2D eigenvalue weighted by Gasteiger charge is -2.12. The predicted molar refractivity (Wildman–Crippen MR) is 94.1 cm³/mol. The quantitative estimate of drug-likeness (QED) is 0.244. The topological polar surface area (TPSA) is 79.5 Å². The molecule has 0 N–H and O–H groups in total. The average Bonchev–Trinajstić information content (AvgIpc) is 2.62. The first-order valence-electron chi connectivity index (χ1n) is 8.15. The molecule has 0 aromatic heterocycles. The van der Waals surface area contributed by atoms with Crippen molar-refractivity contribution in [2.45, 2.75) is 33.1 Å². The van der Waals surface area contributed by atoms with E-state index in [2.05, 4.69) is 18.6 Å². The monoisotopic (exact) mass is 323 g/mol. The summed E-state index contributed by atoms with van der Waals surface area (Å²) in [6, 6.07) is 13.9. The van der Waals surface area contributed by atoms with Gasteiger partial charge in [-0.05, 0) is 42.2 Å². The van der Waals surface area contributed by atoms with Gasteiger partial charge in [-0.2, -0.15) is 4.79 Å². The van der Waals surface area contributed by atoms with Crippen LogP contribution in [-0.2, 0) is 6.42 Å². The van der Waals surface area contributed by atoms with Crippen LogP contribution < -0.4 is 0 Å². The van der Waals surface area contributed by atoms with Crippen molar-refractivity contribution in [2.24, 2.45) is 5.92 Å². The second-order valence-corrected chi connectivity index (χ2v) is 5.84. The van der Waals surface area contributed by atoms with Gasteiger partial charge in [0.25, 0.3) is 5.69 Å². The van der Waals surface area contributed by atoms with Gasteiger partial charge in [-0.3, -0.25) is 10.1 Å². The molecule has 0 saturated carbocycles. The van der Waals surface area contributed by atoms with Gasteiger partial charge in [0.1, 0.15) is 0 Å². The van der Waals surface area contributed by atoms with Crippen molar-refractivity contribution in [3.05, 3.63) is 80.9 Å². The molecule has 0 heterocycles. The van der Waals surface area contributed by atoms with Gasteiger partial charge >= 0.3 is 5.71 Å². The van der Waals surface area contributed by atoms with Crippen LogP contribution in [0.25, 0.3) is 5.53 Å². The second kappa shape index (κ2) is 8.18. The van der Waals surface area contributed by atoms with E-state index in [1.807, 2.05) is 24.3 Å². The normalized spacial score (nSPS) is 10.5. The lowest BCUT2D eigenvalue weighted by Crippen LogP contribution is -2.06. The van der Waals surface area contributed by atoms with E-state index in [-0.39, 0.29) is 5.69 Å². The van der Waals surface area contributed by atoms with Crippen molar-refractivity contribution in [3.8, 4) is 0 Å². The Morgan fingerprint density at radius 1 is 1.04 bits per heavy atom. The molecule has 2 aromatic rings. The highest BCUT2D eigenvalue weighted by Gasteiger charge is 2.17. The Balaban J connectivity index is 2.22. The van der Waals surface area contributed by atoms with E-state index in [1.165, 1.54) is 17.7 Å². The van der Waals surface area contributed by atoms with Crippen LogP contribution in [0.3, 0.4) is 0 Å². The molecule has 0 bridgehead atoms. The molecule has 5 nitrogen and oxygen atoms in total. The standard InChI is InChI=1S/C19H21N3O2/c1-3-14(4-2)13-15-5-7-16(8-6-15)19(21-20)17-9-11-18(12-10-17)22(23)24/h5-12,14H,3-4,13H2,1-2H3. The Hall–Kier alpha value is -2.78. The van der Waals surface area contributed by atoms with Crippen molar-refractivity contribution in [3.63, 3.8) is 0 Å². The smallest absolute Gasteiger partial charge is 0.329 e. The van der Waals surface area contributed by atoms with Crippen LogP contribution in [0.2, 0.25) is 0 Å². The maximum atomic E-state index is 10.7. The van der Waals surface area contributed by atoms with Crippen LogP contribution in [0.1, 0.15) is 43.4 Å². The molecule has 2 aromatic carbocycles. The zero-order valence-corrected chi connectivity index (χ0v) is 14.0. The summed E-state index contributed by atoms with van der Waals surface area (Å²) < 4.78 is 0. The van der Waals surface area contributed by atoms with E-state index in [9.17, 15) is 15.6 Å². The summed E-state index contributed by atoms with van der Waals surface area (Å²) in [5.41, 5.74) is 12.4. The van der Waals surface area contributed by atoms with Gasteiger partial charge in [0.2, 0.25) is 0 Å². The largest absolute Gasteiger partial charge is 0.361 e. The first kappa shape index (κ1) is 17.6. The number of nitrogens with zero attached hydrogens (tertiary/aromatic N) is 3. The molecule has 0 saturated heterocycles. The third-order valence-corrected chi connectivity index (χ3v) is 4.36. The highest BCUT2D eigenvalue weighted by Crippen LogP contribution is 2.18. The van der Waals surface area contributed by atoms with E-state index >= 15 is 0 Å². The van der Waals surface area contributed by atoms with Crippen LogP contribution in [0.15, 0.2) is 48.5 Å². The number of non-ortho nitro benzene ring substituents is 1. The summed E-state index contributed by atoms with van der Waals surface area (Å²) in [7, 11) is 0. The summed E-state index contributed by atoms with van der Waals surface area (Å²) in [6.45, 7) is 4.40. The predicted octanol–water partition coefficient (Wildman–Crippen LogP) is 4.64. The Bertz CT molecular complexity index is 741. The molecule has 0 aliphatic rings. The lowest BCUT2D eigenvalue weighted by molar-refractivity contribution is -0.384. The van der Waals surface area contributed by atoms with Crippen LogP contribution in [0, 0.1) is 16.0 Å². The Labute approximate surface area is 141 Å². The molecule has 124 valence electrons. The van der Waals surface area contributed by atoms with Crippen molar-refractivity contribution in [1.82, 2.24) is 0 Å². The summed E-state index contributed by atoms with van der Waals surface area (Å²) in [5, 5.41) is 10.7. The Morgan fingerprint density at radius 3 is 1.96 bits per heavy atom. The summed E-state index contributed by atoms with van der Waals surface area (Å²) >= 11 is 0. The maximum Gasteiger partial charge on any atom is 0.329 e. The van der Waals surface area contributed by atoms with Gasteiger partial charge in [0.15, 0.2) is 0 Å². The number of benzene rings is 2. The molecule has 2 rings (SSSR count). The fourth-order valence-corrected chi connectivity index (χ4v) is 2.73. The number of hydrogen-bond acceptors (Lipinski definition) is 2. The van der Waals surface area contributed by atoms with Gasteiger partial charge in [0, 0.05) is 12.1 Å². The van der Waals surface area contributed by atoms with E-state index in [0.717, 1.165) is 24.8 Å². The van der Waals surface area contributed by atoms with Crippen LogP contribution >= 0.6 is 0 Å². The molecule has 0 amide bonds. The lowest BCUT2D eigenvalue weighted by atomic mass is 9.93. The molecule has 0 radical (unpaired) electrons. The fraction of sp³-hybridized carbons (Fsp3) is 0.316. The minimum atomic E-state index is -0.452. The first-order valence-corrected chi connectivity index (χ1v) is 8.15. The molecule has 0 atom stereocenters. The Kier molecular flexibility index (Phi) is 5.99. The van der Waals surface area contributed by atoms with Crippen LogP contribution in [0.4, 0.5) is 5.69 Å². The second-order valence-electron chi connectivity index (χ2n) is 5.84. The number of nitro benzene ring substituents is 1. The minimum absolute atomic E-state index is 0.0107. The molecule has 0 unspecified atom stereocenters. The average molecular weight is 323 g/mol. The van der Waals surface area contributed by atoms with E-state index in [4.69, 9.17) is 0 Å². The third kappa shape index (κ3) is 4.15. The van der Waals surface area contributed by atoms with Crippen molar-refractivity contribution >= 4 is 11.4 Å². The highest BCUT2D eigenvalue weighted by molar-refractivity contribution is 6.09. The highest BCUT2D eigenvalue weighted by atomic mass is 16.6. The van der Waals surface area contributed by atoms with E-state index < -0.39 is 4.92 Å². The van der Waals surface area contributed by atoms with Gasteiger partial charge < -0.3 is 5.53 Å². The Morgan fingerprint density at radius 2 is 1.54 bits per heavy atom. The van der Waals surface area contributed by atoms with E-state index in [1.54, 1.807) is 12.1 Å². The first-order chi connectivity index (χ1) is 11.6. The molecule has 5 heteroatoms. The van der Waals surface area contributed by atoms with Gasteiger partial charge in [-0.25, -0.2) is 0 Å². The zero-order valence-electron chi connectivity index (χ0n) is 14.0. The summed E-state index contributed by atoms with van der Waals surface area (Å²) in [5.74, 6) is 0.677. The van der Waals surface area contributed by atoms with Crippen molar-refractivity contribution in [1.29, 1.82) is 0 Å². The zero-order chi connectivity index (χ0) is 17.5. The van der Waals surface area contributed by atoms with Gasteiger partial charge in [0.05, 0.1) is 16.1 Å². The molecular weight excluding hydrogens is 302 g/mol. The number of hydrogen-bond donors (Lipinski definition) is 0. The maximum absolute atomic E-state index is 10.7. The molecule has 0 spiro atoms. The van der Waals surface area contributed by atoms with E-state index in [0.29, 0.717) is 17.2 Å². The molecule has 0 aliphatic carbocycles. The molecular formula is C19H21N3O2. The molecule has 0 fully saturated rings. The number of nitro groups is 1. The van der Waals surface area contributed by atoms with Gasteiger partial charge in [-0.1, -0.05) is 38.8 Å². The molecule has 24 heavy (non-hydrogen) atoms. The van der Waals surface area contributed by atoms with Gasteiger partial charge in [-0.15, -0.1) is 0 Å². The summed E-state index contributed by atoms with van der Waals surface area (Å²) in [6.07, 6.45) is 3.35. The van der Waals surface area contributed by atoms with Crippen molar-refractivity contribution in [2.75, 3.05) is 0 Å². The van der Waals surface area contributed by atoms with Crippen molar-refractivity contribution < 1.29 is 9.71 Å². The van der Waals surface area contributed by atoms with Crippen LogP contribution in [-0.4, -0.2) is 15.4 Å². The molecule has 0 aliphatic heterocycles. The summed E-state index contributed by atoms with van der Waals surface area (Å²) in [4.78, 5) is 13.6. The van der Waals surface area contributed by atoms with Crippen LogP contribution in [0.5, 0.6) is 0 Å². The SMILES string of the molecule is CCC(CC)Cc1ccc(C(=[N+]=[N-])c2ccc([N+](=O)[O-])cc2)cc1.